The molecule has 0 spiro atoms. The van der Waals surface area contributed by atoms with Gasteiger partial charge in [-0.2, -0.15) is 0 Å². The molecule has 0 heterocycles. The molecule has 0 aliphatic rings. The van der Waals surface area contributed by atoms with E-state index in [9.17, 15) is 19.0 Å². The lowest BCUT2D eigenvalue weighted by Gasteiger charge is -2.28. The fourth-order valence-corrected chi connectivity index (χ4v) is 8.43. The van der Waals surface area contributed by atoms with Crippen LogP contribution in [0.5, 0.6) is 0 Å². The van der Waals surface area contributed by atoms with Gasteiger partial charge in [-0.25, -0.2) is 0 Å². The molecule has 0 rings (SSSR count). The Labute approximate surface area is 419 Å². The molecule has 2 atom stereocenters. The Morgan fingerprint density at radius 2 is 0.838 bits per heavy atom. The number of allylic oxidation sites excluding steroid dienone is 10. The first kappa shape index (κ1) is 65.7. The lowest BCUT2D eigenvalue weighted by atomic mass is 10.0. The molecule has 0 N–H and O–H groups in total. The minimum absolute atomic E-state index is 0.0334. The number of likely N-dealkylation sites (N-methyl/N-ethyl adjacent to an activating group) is 1. The molecule has 0 saturated heterocycles. The monoisotopic (exact) mass is 976 g/mol. The fraction of sp³-hybridized carbons (Fsp3) is 0.793. The van der Waals surface area contributed by atoms with Crippen molar-refractivity contribution in [3.63, 3.8) is 0 Å². The number of carbonyl (C=O) groups excluding carboxylic acids is 2. The molecular formula is C58H106NO8P. The number of carbonyl (C=O) groups is 2. The Morgan fingerprint density at radius 3 is 1.26 bits per heavy atom. The molecule has 2 unspecified atom stereocenters. The number of nitrogens with zero attached hydrogens (tertiary/aromatic N) is 1. The van der Waals surface area contributed by atoms with Gasteiger partial charge in [-0.15, -0.1) is 0 Å². The van der Waals surface area contributed by atoms with E-state index in [0.29, 0.717) is 17.4 Å². The van der Waals surface area contributed by atoms with Crippen LogP contribution < -0.4 is 4.89 Å². The number of unbranched alkanes of at least 4 members (excludes halogenated alkanes) is 27. The molecule has 10 heteroatoms. The Bertz CT molecular complexity index is 1340. The van der Waals surface area contributed by atoms with Crippen LogP contribution in [0.4, 0.5) is 0 Å². The third-order valence-corrected chi connectivity index (χ3v) is 13.0. The summed E-state index contributed by atoms with van der Waals surface area (Å²) in [6.45, 7) is 4.14. The van der Waals surface area contributed by atoms with E-state index in [0.717, 1.165) is 70.6 Å². The van der Waals surface area contributed by atoms with E-state index < -0.39 is 26.5 Å². The van der Waals surface area contributed by atoms with Crippen LogP contribution >= 0.6 is 7.82 Å². The van der Waals surface area contributed by atoms with Crippen LogP contribution in [0.1, 0.15) is 245 Å². The maximum Gasteiger partial charge on any atom is 0.306 e. The highest BCUT2D eigenvalue weighted by molar-refractivity contribution is 7.45. The SMILES string of the molecule is CC/C=C\C/C=C\C/C=C\C/C=C\CCCCCCCCCCCCC(=O)OC(COC(=O)CCCCCCCCCCC/C=C\CCCCCCCCCC)COP(=O)([O-])OCC[N+](C)(C)C. The molecular weight excluding hydrogens is 870 g/mol. The maximum atomic E-state index is 12.8. The second-order valence-electron chi connectivity index (χ2n) is 19.9. The van der Waals surface area contributed by atoms with Crippen molar-refractivity contribution in [2.75, 3.05) is 47.5 Å². The molecule has 0 aliphatic heterocycles. The first-order chi connectivity index (χ1) is 33.0. The van der Waals surface area contributed by atoms with Gasteiger partial charge in [-0.1, -0.05) is 216 Å². The highest BCUT2D eigenvalue weighted by atomic mass is 31.2. The van der Waals surface area contributed by atoms with E-state index in [1.165, 1.54) is 141 Å². The Morgan fingerprint density at radius 1 is 0.471 bits per heavy atom. The van der Waals surface area contributed by atoms with E-state index in [1.54, 1.807) is 0 Å². The molecule has 0 aromatic rings. The summed E-state index contributed by atoms with van der Waals surface area (Å²) < 4.78 is 34.1. The average Bonchev–Trinajstić information content (AvgIpc) is 3.30. The maximum absolute atomic E-state index is 12.8. The number of hydrogen-bond donors (Lipinski definition) is 0. The van der Waals surface area contributed by atoms with Crippen molar-refractivity contribution in [2.24, 2.45) is 0 Å². The first-order valence-electron chi connectivity index (χ1n) is 28.0. The number of phosphoric ester groups is 1. The van der Waals surface area contributed by atoms with E-state index in [4.69, 9.17) is 18.5 Å². The van der Waals surface area contributed by atoms with Crippen LogP contribution in [0.3, 0.4) is 0 Å². The summed E-state index contributed by atoms with van der Waals surface area (Å²) in [7, 11) is 1.16. The Kier molecular flexibility index (Phi) is 48.0. The number of esters is 2. The van der Waals surface area contributed by atoms with Gasteiger partial charge in [0, 0.05) is 12.8 Å². The summed E-state index contributed by atoms with van der Waals surface area (Å²) in [4.78, 5) is 37.8. The topological polar surface area (TPSA) is 111 Å². The van der Waals surface area contributed by atoms with E-state index >= 15 is 0 Å². The van der Waals surface area contributed by atoms with Crippen molar-refractivity contribution in [3.05, 3.63) is 60.8 Å². The summed E-state index contributed by atoms with van der Waals surface area (Å²) in [5, 5.41) is 0. The lowest BCUT2D eigenvalue weighted by Crippen LogP contribution is -2.37. The van der Waals surface area contributed by atoms with E-state index in [-0.39, 0.29) is 32.0 Å². The normalized spacial score (nSPS) is 13.8. The summed E-state index contributed by atoms with van der Waals surface area (Å²) in [6, 6.07) is 0. The molecule has 68 heavy (non-hydrogen) atoms. The number of rotatable bonds is 51. The van der Waals surface area contributed by atoms with Gasteiger partial charge in [-0.3, -0.25) is 14.2 Å². The average molecular weight is 976 g/mol. The van der Waals surface area contributed by atoms with E-state index in [2.05, 4.69) is 74.6 Å². The molecule has 396 valence electrons. The van der Waals surface area contributed by atoms with Gasteiger partial charge in [0.15, 0.2) is 6.10 Å². The van der Waals surface area contributed by atoms with Crippen LogP contribution in [-0.2, 0) is 32.7 Å². The molecule has 9 nitrogen and oxygen atoms in total. The van der Waals surface area contributed by atoms with Crippen LogP contribution in [0.2, 0.25) is 0 Å². The standard InChI is InChI=1S/C58H106NO8P/c1-6-8-10-12-14-16-18-20-22-24-26-28-29-31-33-35-37-39-41-43-45-47-49-51-58(61)67-56(55-66-68(62,63)65-53-52-59(3,4)5)54-64-57(60)50-48-46-44-42-40-38-36-34-32-30-27-25-23-21-19-17-15-13-11-9-7-2/h8,10,14,16,20,22,25-28,56H,6-7,9,11-13,15,17-19,21,23-24,29-55H2,1-5H3/b10-8-,16-14-,22-20-,27-25-,28-26-. The second-order valence-corrected chi connectivity index (χ2v) is 21.3. The van der Waals surface area contributed by atoms with Gasteiger partial charge in [0.25, 0.3) is 7.82 Å². The van der Waals surface area contributed by atoms with Gasteiger partial charge in [0.05, 0.1) is 27.7 Å². The summed E-state index contributed by atoms with van der Waals surface area (Å²) in [5.41, 5.74) is 0. The number of phosphoric acid groups is 1. The molecule has 0 amide bonds. The predicted molar refractivity (Wildman–Crippen MR) is 287 cm³/mol. The molecule has 0 saturated carbocycles. The zero-order valence-corrected chi connectivity index (χ0v) is 45.7. The summed E-state index contributed by atoms with van der Waals surface area (Å²) >= 11 is 0. The third-order valence-electron chi connectivity index (χ3n) is 12.0. The zero-order chi connectivity index (χ0) is 49.9. The largest absolute Gasteiger partial charge is 0.756 e. The lowest BCUT2D eigenvalue weighted by molar-refractivity contribution is -0.870. The molecule has 0 bridgehead atoms. The summed E-state index contributed by atoms with van der Waals surface area (Å²) in [6.07, 6.45) is 62.5. The van der Waals surface area contributed by atoms with Crippen molar-refractivity contribution < 1.29 is 42.1 Å². The van der Waals surface area contributed by atoms with E-state index in [1.807, 2.05) is 21.1 Å². The second kappa shape index (κ2) is 49.7. The number of quaternary nitrogens is 1. The van der Waals surface area contributed by atoms with Crippen molar-refractivity contribution in [3.8, 4) is 0 Å². The van der Waals surface area contributed by atoms with Gasteiger partial charge in [0.2, 0.25) is 0 Å². The minimum atomic E-state index is -4.64. The van der Waals surface area contributed by atoms with Crippen molar-refractivity contribution >= 4 is 19.8 Å². The van der Waals surface area contributed by atoms with Crippen molar-refractivity contribution in [1.29, 1.82) is 0 Å². The zero-order valence-electron chi connectivity index (χ0n) is 44.8. The van der Waals surface area contributed by atoms with Crippen LogP contribution in [0.25, 0.3) is 0 Å². The van der Waals surface area contributed by atoms with Gasteiger partial charge in [0.1, 0.15) is 19.8 Å². The molecule has 0 aromatic carbocycles. The first-order valence-corrected chi connectivity index (χ1v) is 29.5. The molecule has 0 radical (unpaired) electrons. The van der Waals surface area contributed by atoms with Crippen LogP contribution in [0, 0.1) is 0 Å². The van der Waals surface area contributed by atoms with Crippen LogP contribution in [0.15, 0.2) is 60.8 Å². The molecule has 0 aromatic heterocycles. The quantitative estimate of drug-likeness (QED) is 0.0195. The van der Waals surface area contributed by atoms with Crippen molar-refractivity contribution in [1.82, 2.24) is 0 Å². The fourth-order valence-electron chi connectivity index (χ4n) is 7.70. The van der Waals surface area contributed by atoms with Crippen molar-refractivity contribution in [2.45, 2.75) is 251 Å². The van der Waals surface area contributed by atoms with Gasteiger partial charge >= 0.3 is 11.9 Å². The van der Waals surface area contributed by atoms with Crippen LogP contribution in [-0.4, -0.2) is 70.0 Å². The summed E-state index contributed by atoms with van der Waals surface area (Å²) in [5.74, 6) is -0.836. The molecule has 0 aliphatic carbocycles. The highest BCUT2D eigenvalue weighted by Crippen LogP contribution is 2.38. The number of hydrogen-bond acceptors (Lipinski definition) is 8. The Balaban J connectivity index is 4.20. The smallest absolute Gasteiger partial charge is 0.306 e. The highest BCUT2D eigenvalue weighted by Gasteiger charge is 2.21. The molecule has 0 fully saturated rings. The minimum Gasteiger partial charge on any atom is -0.756 e. The predicted octanol–water partition coefficient (Wildman–Crippen LogP) is 16.5. The third kappa shape index (κ3) is 53.1. The number of ether oxygens (including phenoxy) is 2. The van der Waals surface area contributed by atoms with Gasteiger partial charge in [-0.05, 0) is 77.0 Å². The van der Waals surface area contributed by atoms with Gasteiger partial charge < -0.3 is 27.9 Å². The Hall–Kier alpha value is -2.29.